The van der Waals surface area contributed by atoms with Crippen molar-refractivity contribution in [3.05, 3.63) is 0 Å². The van der Waals surface area contributed by atoms with Gasteiger partial charge in [0, 0.05) is 18.6 Å². The fraction of sp³-hybridized carbons (Fsp3) is 0.875. The Hall–Kier alpha value is -1.26. The van der Waals surface area contributed by atoms with Gasteiger partial charge in [-0.05, 0) is 39.5 Å². The number of hydrogen-bond donors (Lipinski definition) is 2. The van der Waals surface area contributed by atoms with Crippen molar-refractivity contribution < 1.29 is 14.7 Å². The average Bonchev–Trinajstić information content (AvgIpc) is 2.38. The summed E-state index contributed by atoms with van der Waals surface area (Å²) in [5.41, 5.74) is -1.01. The lowest BCUT2D eigenvalue weighted by atomic mass is 9.76. The van der Waals surface area contributed by atoms with Gasteiger partial charge < -0.3 is 15.3 Å². The summed E-state index contributed by atoms with van der Waals surface area (Å²) >= 11 is 0. The predicted octanol–water partition coefficient (Wildman–Crippen LogP) is 3.24. The van der Waals surface area contributed by atoms with Crippen molar-refractivity contribution in [2.45, 2.75) is 71.8 Å². The third-order valence-corrected chi connectivity index (χ3v) is 4.37. The van der Waals surface area contributed by atoms with Crippen molar-refractivity contribution in [1.29, 1.82) is 0 Å². The number of carboxylic acid groups (broad SMARTS) is 1. The molecule has 2 amide bonds. The fourth-order valence-corrected chi connectivity index (χ4v) is 3.33. The van der Waals surface area contributed by atoms with E-state index in [2.05, 4.69) is 12.2 Å². The molecule has 1 atom stereocenters. The van der Waals surface area contributed by atoms with Gasteiger partial charge in [-0.15, -0.1) is 0 Å². The van der Waals surface area contributed by atoms with Crippen LogP contribution in [0.15, 0.2) is 0 Å². The maximum Gasteiger partial charge on any atom is 0.317 e. The first-order chi connectivity index (χ1) is 9.76. The normalized spacial score (nSPS) is 23.0. The largest absolute Gasteiger partial charge is 0.481 e. The lowest BCUT2D eigenvalue weighted by Gasteiger charge is -2.41. The van der Waals surface area contributed by atoms with Gasteiger partial charge in [0.25, 0.3) is 0 Å². The number of carbonyl (C=O) groups is 2. The molecule has 0 aliphatic carbocycles. The quantitative estimate of drug-likeness (QED) is 0.791. The molecule has 0 aromatic heterocycles. The number of hydrogen-bond acceptors (Lipinski definition) is 2. The zero-order valence-corrected chi connectivity index (χ0v) is 13.9. The molecule has 0 aromatic carbocycles. The van der Waals surface area contributed by atoms with Crippen molar-refractivity contribution >= 4 is 12.0 Å². The van der Waals surface area contributed by atoms with E-state index in [0.717, 1.165) is 25.7 Å². The minimum absolute atomic E-state index is 0.130. The van der Waals surface area contributed by atoms with Crippen LogP contribution in [0.2, 0.25) is 0 Å². The molecular formula is C16H30N2O3. The van der Waals surface area contributed by atoms with Gasteiger partial charge in [0.05, 0.1) is 5.41 Å². The number of amides is 2. The summed E-state index contributed by atoms with van der Waals surface area (Å²) in [5, 5.41) is 12.6. The lowest BCUT2D eigenvalue weighted by Crippen LogP contribution is -2.56. The predicted molar refractivity (Wildman–Crippen MR) is 83.3 cm³/mol. The van der Waals surface area contributed by atoms with E-state index in [-0.39, 0.29) is 11.6 Å². The van der Waals surface area contributed by atoms with Crippen molar-refractivity contribution in [2.75, 3.05) is 13.1 Å². The van der Waals surface area contributed by atoms with Crippen LogP contribution in [0.5, 0.6) is 0 Å². The van der Waals surface area contributed by atoms with Crippen LogP contribution in [0.3, 0.4) is 0 Å². The van der Waals surface area contributed by atoms with E-state index in [1.54, 1.807) is 4.90 Å². The molecule has 21 heavy (non-hydrogen) atoms. The maximum absolute atomic E-state index is 12.4. The van der Waals surface area contributed by atoms with Crippen LogP contribution in [0, 0.1) is 5.41 Å². The van der Waals surface area contributed by atoms with Crippen molar-refractivity contribution in [3.63, 3.8) is 0 Å². The molecule has 1 heterocycles. The van der Waals surface area contributed by atoms with Gasteiger partial charge in [-0.25, -0.2) is 4.79 Å². The molecule has 0 spiro atoms. The Bertz CT molecular complexity index is 378. The Morgan fingerprint density at radius 2 is 1.95 bits per heavy atom. The van der Waals surface area contributed by atoms with Crippen LogP contribution in [0.4, 0.5) is 4.79 Å². The molecule has 1 saturated heterocycles. The van der Waals surface area contributed by atoms with E-state index in [0.29, 0.717) is 25.9 Å². The van der Waals surface area contributed by atoms with E-state index >= 15 is 0 Å². The fourth-order valence-electron chi connectivity index (χ4n) is 3.33. The van der Waals surface area contributed by atoms with Gasteiger partial charge in [-0.3, -0.25) is 4.79 Å². The molecule has 1 rings (SSSR count). The highest BCUT2D eigenvalue weighted by Crippen LogP contribution is 2.35. The lowest BCUT2D eigenvalue weighted by molar-refractivity contribution is -0.152. The minimum atomic E-state index is -0.769. The first-order valence-electron chi connectivity index (χ1n) is 8.07. The standard InChI is InChI=1S/C16H30N2O3/c1-5-8-15(3,4)17-14(21)18-11-7-10-16(12-18,9-6-2)13(19)20/h5-12H2,1-4H3,(H,17,21)(H,19,20). The molecule has 1 fully saturated rings. The molecule has 5 heteroatoms. The summed E-state index contributed by atoms with van der Waals surface area (Å²) in [6.45, 7) is 9.07. The summed E-state index contributed by atoms with van der Waals surface area (Å²) in [4.78, 5) is 25.8. The molecular weight excluding hydrogens is 268 g/mol. The summed E-state index contributed by atoms with van der Waals surface area (Å²) in [6, 6.07) is -0.130. The number of nitrogens with zero attached hydrogens (tertiary/aromatic N) is 1. The van der Waals surface area contributed by atoms with Crippen LogP contribution in [0.1, 0.15) is 66.2 Å². The van der Waals surface area contributed by atoms with Crippen LogP contribution < -0.4 is 5.32 Å². The number of carboxylic acids is 1. The third-order valence-electron chi connectivity index (χ3n) is 4.37. The second-order valence-corrected chi connectivity index (χ2v) is 6.92. The van der Waals surface area contributed by atoms with Crippen molar-refractivity contribution in [2.24, 2.45) is 5.41 Å². The summed E-state index contributed by atoms with van der Waals surface area (Å²) < 4.78 is 0. The van der Waals surface area contributed by atoms with Gasteiger partial charge in [-0.1, -0.05) is 26.7 Å². The Balaban J connectivity index is 2.75. The Morgan fingerprint density at radius 3 is 2.48 bits per heavy atom. The SMILES string of the molecule is CCCC(C)(C)NC(=O)N1CCCC(CCC)(C(=O)O)C1. The highest BCUT2D eigenvalue weighted by molar-refractivity contribution is 5.79. The Morgan fingerprint density at radius 1 is 1.29 bits per heavy atom. The van der Waals surface area contributed by atoms with Crippen LogP contribution in [-0.2, 0) is 4.79 Å². The highest BCUT2D eigenvalue weighted by atomic mass is 16.4. The second kappa shape index (κ2) is 7.14. The molecule has 1 aliphatic rings. The average molecular weight is 298 g/mol. The molecule has 0 saturated carbocycles. The number of urea groups is 1. The molecule has 0 bridgehead atoms. The van der Waals surface area contributed by atoms with Crippen molar-refractivity contribution in [3.8, 4) is 0 Å². The zero-order valence-electron chi connectivity index (χ0n) is 13.9. The van der Waals surface area contributed by atoms with Gasteiger partial charge in [-0.2, -0.15) is 0 Å². The maximum atomic E-state index is 12.4. The van der Waals surface area contributed by atoms with E-state index in [9.17, 15) is 14.7 Å². The Labute approximate surface area is 128 Å². The number of rotatable bonds is 6. The first-order valence-corrected chi connectivity index (χ1v) is 8.07. The summed E-state index contributed by atoms with van der Waals surface area (Å²) in [5.74, 6) is -0.769. The molecule has 1 aliphatic heterocycles. The van der Waals surface area contributed by atoms with E-state index < -0.39 is 11.4 Å². The minimum Gasteiger partial charge on any atom is -0.481 e. The van der Waals surface area contributed by atoms with Gasteiger partial charge in [0.1, 0.15) is 0 Å². The van der Waals surface area contributed by atoms with Crippen molar-refractivity contribution in [1.82, 2.24) is 10.2 Å². The second-order valence-electron chi connectivity index (χ2n) is 6.92. The van der Waals surface area contributed by atoms with E-state index in [4.69, 9.17) is 0 Å². The smallest absolute Gasteiger partial charge is 0.317 e. The highest BCUT2D eigenvalue weighted by Gasteiger charge is 2.43. The van der Waals surface area contributed by atoms with Gasteiger partial charge in [0.2, 0.25) is 0 Å². The number of likely N-dealkylation sites (tertiary alicyclic amines) is 1. The molecule has 2 N–H and O–H groups in total. The van der Waals surface area contributed by atoms with Crippen LogP contribution in [-0.4, -0.2) is 40.6 Å². The molecule has 5 nitrogen and oxygen atoms in total. The molecule has 1 unspecified atom stereocenters. The number of carbonyl (C=O) groups excluding carboxylic acids is 1. The summed E-state index contributed by atoms with van der Waals surface area (Å²) in [7, 11) is 0. The number of nitrogens with one attached hydrogen (secondary N) is 1. The monoisotopic (exact) mass is 298 g/mol. The first kappa shape index (κ1) is 17.8. The Kier molecular flexibility index (Phi) is 6.05. The molecule has 122 valence electrons. The van der Waals surface area contributed by atoms with Crippen LogP contribution >= 0.6 is 0 Å². The number of aliphatic carboxylic acids is 1. The van der Waals surface area contributed by atoms with Gasteiger partial charge >= 0.3 is 12.0 Å². The number of piperidine rings is 1. The van der Waals surface area contributed by atoms with Gasteiger partial charge in [0.15, 0.2) is 0 Å². The van der Waals surface area contributed by atoms with Crippen LogP contribution in [0.25, 0.3) is 0 Å². The third kappa shape index (κ3) is 4.61. The van der Waals surface area contributed by atoms with E-state index in [1.807, 2.05) is 20.8 Å². The molecule has 0 aromatic rings. The summed E-state index contributed by atoms with van der Waals surface area (Å²) in [6.07, 6.45) is 4.79. The zero-order chi connectivity index (χ0) is 16.1. The molecule has 0 radical (unpaired) electrons. The topological polar surface area (TPSA) is 69.6 Å². The van der Waals surface area contributed by atoms with E-state index in [1.165, 1.54) is 0 Å².